The Morgan fingerprint density at radius 2 is 2.03 bits per heavy atom. The number of hydrogen-bond acceptors (Lipinski definition) is 8. The molecule has 0 saturated heterocycles. The number of nitrogens with one attached hydrogen (secondary N) is 1. The molecule has 9 nitrogen and oxygen atoms in total. The predicted octanol–water partition coefficient (Wildman–Crippen LogP) is 4.36. The number of halogens is 2. The molecule has 0 aromatic carbocycles. The molecule has 0 bridgehead atoms. The number of nitrogens with zero attached hydrogens (tertiary/aromatic N) is 6. The zero-order valence-electron chi connectivity index (χ0n) is 19.2. The first-order valence-corrected chi connectivity index (χ1v) is 11.7. The standard InChI is InChI=1S/C24H19F2N7O2S/c1-33-8-7-27-22(33)18-9-14(15-10-17(21(25)26)29-12-19(15)35-2)16(11-28-18)23(34)30-24-32-31-20(36-24)6-5-13-3-4-13/h7-13,21H,3-4H2,1-2H3,(H,30,32,34). The number of ether oxygens (including phenoxy) is 1. The lowest BCUT2D eigenvalue weighted by Gasteiger charge is -2.15. The van der Waals surface area contributed by atoms with E-state index in [4.69, 9.17) is 4.74 Å². The van der Waals surface area contributed by atoms with E-state index in [9.17, 15) is 13.6 Å². The first-order chi connectivity index (χ1) is 17.4. The van der Waals surface area contributed by atoms with E-state index >= 15 is 0 Å². The van der Waals surface area contributed by atoms with E-state index < -0.39 is 18.0 Å². The van der Waals surface area contributed by atoms with Crippen molar-refractivity contribution in [3.63, 3.8) is 0 Å². The first kappa shape index (κ1) is 23.5. The molecule has 4 aromatic rings. The lowest BCUT2D eigenvalue weighted by atomic mass is 9.99. The van der Waals surface area contributed by atoms with E-state index in [2.05, 4.69) is 42.3 Å². The number of aryl methyl sites for hydroxylation is 1. The Morgan fingerprint density at radius 1 is 1.19 bits per heavy atom. The summed E-state index contributed by atoms with van der Waals surface area (Å²) >= 11 is 1.15. The zero-order chi connectivity index (χ0) is 25.2. The molecule has 1 fully saturated rings. The Hall–Kier alpha value is -4.24. The van der Waals surface area contributed by atoms with Crippen molar-refractivity contribution in [2.75, 3.05) is 12.4 Å². The van der Waals surface area contributed by atoms with Gasteiger partial charge >= 0.3 is 0 Å². The molecule has 182 valence electrons. The van der Waals surface area contributed by atoms with Crippen molar-refractivity contribution in [2.24, 2.45) is 13.0 Å². The maximum atomic E-state index is 13.5. The molecule has 1 aliphatic rings. The van der Waals surface area contributed by atoms with Crippen LogP contribution < -0.4 is 10.1 Å². The van der Waals surface area contributed by atoms with Crippen LogP contribution in [0.25, 0.3) is 22.6 Å². The van der Waals surface area contributed by atoms with Crippen LogP contribution >= 0.6 is 11.3 Å². The van der Waals surface area contributed by atoms with E-state index in [1.807, 2.05) is 0 Å². The van der Waals surface area contributed by atoms with Gasteiger partial charge in [0.15, 0.2) is 10.8 Å². The summed E-state index contributed by atoms with van der Waals surface area (Å²) in [4.78, 5) is 25.8. The third-order valence-corrected chi connectivity index (χ3v) is 6.18. The minimum Gasteiger partial charge on any atom is -0.494 e. The second kappa shape index (κ2) is 9.79. The molecule has 1 amide bonds. The molecule has 36 heavy (non-hydrogen) atoms. The average molecular weight is 508 g/mol. The lowest BCUT2D eigenvalue weighted by Crippen LogP contribution is -2.14. The highest BCUT2D eigenvalue weighted by Crippen LogP contribution is 2.36. The highest BCUT2D eigenvalue weighted by Gasteiger charge is 2.23. The van der Waals surface area contributed by atoms with Crippen LogP contribution in [0.5, 0.6) is 5.75 Å². The molecule has 12 heteroatoms. The maximum Gasteiger partial charge on any atom is 0.280 e. The Bertz CT molecular complexity index is 1500. The van der Waals surface area contributed by atoms with Crippen LogP contribution in [-0.4, -0.2) is 42.7 Å². The fourth-order valence-electron chi connectivity index (χ4n) is 3.43. The van der Waals surface area contributed by atoms with Gasteiger partial charge in [0, 0.05) is 42.7 Å². The monoisotopic (exact) mass is 507 g/mol. The second-order valence-corrected chi connectivity index (χ2v) is 8.97. The van der Waals surface area contributed by atoms with Crippen LogP contribution in [0.3, 0.4) is 0 Å². The molecule has 1 saturated carbocycles. The highest BCUT2D eigenvalue weighted by atomic mass is 32.1. The van der Waals surface area contributed by atoms with Gasteiger partial charge < -0.3 is 9.30 Å². The molecule has 4 heterocycles. The van der Waals surface area contributed by atoms with Gasteiger partial charge in [0.2, 0.25) is 5.13 Å². The maximum absolute atomic E-state index is 13.5. The van der Waals surface area contributed by atoms with Crippen molar-refractivity contribution in [2.45, 2.75) is 19.3 Å². The fraction of sp³-hybridized carbons (Fsp3) is 0.250. The van der Waals surface area contributed by atoms with Gasteiger partial charge in [0.25, 0.3) is 12.3 Å². The largest absolute Gasteiger partial charge is 0.494 e. The van der Waals surface area contributed by atoms with E-state index in [0.29, 0.717) is 28.0 Å². The van der Waals surface area contributed by atoms with E-state index in [-0.39, 0.29) is 22.0 Å². The third kappa shape index (κ3) is 4.92. The molecular formula is C24H19F2N7O2S. The number of imidazole rings is 1. The van der Waals surface area contributed by atoms with Crippen LogP contribution in [0.4, 0.5) is 13.9 Å². The number of methoxy groups -OCH3 is 1. The van der Waals surface area contributed by atoms with E-state index in [1.165, 1.54) is 25.6 Å². The van der Waals surface area contributed by atoms with Crippen LogP contribution in [0.1, 0.15) is 40.3 Å². The van der Waals surface area contributed by atoms with Gasteiger partial charge in [0.05, 0.1) is 18.9 Å². The van der Waals surface area contributed by atoms with Gasteiger partial charge in [-0.1, -0.05) is 17.3 Å². The Labute approximate surface area is 208 Å². The number of carbonyl (C=O) groups excluding carboxylic acids is 1. The summed E-state index contributed by atoms with van der Waals surface area (Å²) in [6.07, 6.45) is 5.30. The van der Waals surface area contributed by atoms with Crippen molar-refractivity contribution in [1.82, 2.24) is 29.7 Å². The molecule has 0 radical (unpaired) electrons. The number of carbonyl (C=O) groups is 1. The number of hydrogen-bond donors (Lipinski definition) is 1. The summed E-state index contributed by atoms with van der Waals surface area (Å²) in [7, 11) is 3.19. The van der Waals surface area contributed by atoms with Crippen LogP contribution in [0.2, 0.25) is 0 Å². The average Bonchev–Trinajstić information content (AvgIpc) is 3.45. The van der Waals surface area contributed by atoms with Gasteiger partial charge in [-0.2, -0.15) is 0 Å². The fourth-order valence-corrected chi connectivity index (χ4v) is 4.03. The minimum atomic E-state index is -2.81. The summed E-state index contributed by atoms with van der Waals surface area (Å²) in [6, 6.07) is 2.81. The summed E-state index contributed by atoms with van der Waals surface area (Å²) in [5.41, 5.74) is 0.702. The van der Waals surface area contributed by atoms with Gasteiger partial charge in [0.1, 0.15) is 17.1 Å². The number of aromatic nitrogens is 6. The summed E-state index contributed by atoms with van der Waals surface area (Å²) < 4.78 is 34.1. The van der Waals surface area contributed by atoms with Gasteiger partial charge in [-0.3, -0.25) is 20.1 Å². The lowest BCUT2D eigenvalue weighted by molar-refractivity contribution is 0.102. The molecule has 5 rings (SSSR count). The number of alkyl halides is 2. The van der Waals surface area contributed by atoms with E-state index in [1.54, 1.807) is 30.1 Å². The Kier molecular flexibility index (Phi) is 6.39. The van der Waals surface area contributed by atoms with Crippen LogP contribution in [0, 0.1) is 17.8 Å². The molecule has 0 atom stereocenters. The minimum absolute atomic E-state index is 0.124. The molecule has 0 spiro atoms. The molecule has 1 aliphatic carbocycles. The smallest absolute Gasteiger partial charge is 0.280 e. The van der Waals surface area contributed by atoms with Gasteiger partial charge in [-0.25, -0.2) is 13.8 Å². The van der Waals surface area contributed by atoms with Crippen LogP contribution in [-0.2, 0) is 7.05 Å². The number of amides is 1. The number of anilines is 1. The number of rotatable bonds is 6. The van der Waals surface area contributed by atoms with Gasteiger partial charge in [-0.15, -0.1) is 10.2 Å². The first-order valence-electron chi connectivity index (χ1n) is 10.9. The summed E-state index contributed by atoms with van der Waals surface area (Å²) in [5.74, 6) is 6.69. The van der Waals surface area contributed by atoms with Crippen molar-refractivity contribution < 1.29 is 18.3 Å². The van der Waals surface area contributed by atoms with Crippen molar-refractivity contribution in [3.8, 4) is 40.2 Å². The normalized spacial score (nSPS) is 12.8. The van der Waals surface area contributed by atoms with Crippen LogP contribution in [0.15, 0.2) is 36.9 Å². The molecule has 0 aliphatic heterocycles. The third-order valence-electron chi connectivity index (χ3n) is 5.43. The number of pyridine rings is 2. The Morgan fingerprint density at radius 3 is 2.72 bits per heavy atom. The van der Waals surface area contributed by atoms with Crippen molar-refractivity contribution >= 4 is 22.4 Å². The van der Waals surface area contributed by atoms with Crippen molar-refractivity contribution in [3.05, 3.63) is 53.2 Å². The predicted molar refractivity (Wildman–Crippen MR) is 129 cm³/mol. The zero-order valence-corrected chi connectivity index (χ0v) is 20.0. The molecular weight excluding hydrogens is 488 g/mol. The summed E-state index contributed by atoms with van der Waals surface area (Å²) in [6.45, 7) is 0. The van der Waals surface area contributed by atoms with Crippen molar-refractivity contribution in [1.29, 1.82) is 0 Å². The highest BCUT2D eigenvalue weighted by molar-refractivity contribution is 7.15. The Balaban J connectivity index is 1.56. The summed E-state index contributed by atoms with van der Waals surface area (Å²) in [5, 5.41) is 11.5. The van der Waals surface area contributed by atoms with E-state index in [0.717, 1.165) is 24.2 Å². The van der Waals surface area contributed by atoms with Gasteiger partial charge in [-0.05, 0) is 30.9 Å². The molecule has 4 aromatic heterocycles. The molecule has 0 unspecified atom stereocenters. The SMILES string of the molecule is COc1cnc(C(F)F)cc1-c1cc(-c2nccn2C)ncc1C(=O)Nc1nnc(C#CC2CC2)s1. The second-order valence-electron chi connectivity index (χ2n) is 8.00. The quantitative estimate of drug-likeness (QED) is 0.387. The molecule has 1 N–H and O–H groups in total. The topological polar surface area (TPSA) is 108 Å².